The molecule has 1 aliphatic heterocycles. The van der Waals surface area contributed by atoms with Crippen LogP contribution in [0.5, 0.6) is 0 Å². The maximum absolute atomic E-state index is 11.4. The first-order valence-corrected chi connectivity index (χ1v) is 6.95. The van der Waals surface area contributed by atoms with Crippen molar-refractivity contribution in [2.75, 3.05) is 26.8 Å². The fourth-order valence-corrected chi connectivity index (χ4v) is 2.65. The lowest BCUT2D eigenvalue weighted by molar-refractivity contribution is 0.0924. The number of amides is 1. The van der Waals surface area contributed by atoms with Gasteiger partial charge in [0.2, 0.25) is 0 Å². The van der Waals surface area contributed by atoms with Gasteiger partial charge in [0.15, 0.2) is 5.76 Å². The van der Waals surface area contributed by atoms with Crippen molar-refractivity contribution in [2.24, 2.45) is 11.8 Å². The van der Waals surface area contributed by atoms with Crippen LogP contribution in [-0.2, 0) is 11.3 Å². The van der Waals surface area contributed by atoms with E-state index in [1.165, 1.54) is 0 Å². The zero-order chi connectivity index (χ0) is 14.5. The summed E-state index contributed by atoms with van der Waals surface area (Å²) in [5, 5.41) is 0. The summed E-state index contributed by atoms with van der Waals surface area (Å²) < 4.78 is 10.6. The van der Waals surface area contributed by atoms with Gasteiger partial charge in [-0.1, -0.05) is 0 Å². The van der Waals surface area contributed by atoms with E-state index in [0.29, 0.717) is 5.92 Å². The highest BCUT2D eigenvalue weighted by atomic mass is 16.5. The largest absolute Gasteiger partial charge is 0.456 e. The van der Waals surface area contributed by atoms with Gasteiger partial charge in [-0.05, 0) is 44.8 Å². The van der Waals surface area contributed by atoms with Gasteiger partial charge < -0.3 is 9.15 Å². The molecule has 0 radical (unpaired) electrons. The van der Waals surface area contributed by atoms with E-state index in [-0.39, 0.29) is 5.76 Å². The number of carbonyl (C=O) groups excluding carboxylic acids is 1. The quantitative estimate of drug-likeness (QED) is 0.479. The van der Waals surface area contributed by atoms with Crippen molar-refractivity contribution in [1.82, 2.24) is 10.3 Å². The standard InChI is InChI=1S/C14H23N3O3/c1-10-12(7-13(20-10)14(18)16-15)8-17-5-3-11(4-6-17)9-19-2/h7,11H,3-6,8-9,15H2,1-2H3,(H,16,18). The first-order valence-electron chi connectivity index (χ1n) is 6.95. The first-order chi connectivity index (χ1) is 9.63. The highest BCUT2D eigenvalue weighted by Gasteiger charge is 2.21. The molecule has 0 aliphatic carbocycles. The summed E-state index contributed by atoms with van der Waals surface area (Å²) in [4.78, 5) is 13.8. The second-order valence-electron chi connectivity index (χ2n) is 5.34. The number of methoxy groups -OCH3 is 1. The van der Waals surface area contributed by atoms with E-state index < -0.39 is 5.91 Å². The SMILES string of the molecule is COCC1CCN(Cc2cc(C(=O)NN)oc2C)CC1. The lowest BCUT2D eigenvalue weighted by Crippen LogP contribution is -2.34. The van der Waals surface area contributed by atoms with E-state index in [1.807, 2.05) is 6.92 Å². The number of carbonyl (C=O) groups is 1. The van der Waals surface area contributed by atoms with Gasteiger partial charge in [-0.3, -0.25) is 15.1 Å². The number of nitrogen functional groups attached to an aromatic ring is 1. The van der Waals surface area contributed by atoms with Gasteiger partial charge in [0, 0.05) is 25.8 Å². The number of nitrogens with two attached hydrogens (primary N) is 1. The molecule has 0 aromatic carbocycles. The zero-order valence-corrected chi connectivity index (χ0v) is 12.1. The predicted molar refractivity (Wildman–Crippen MR) is 75.0 cm³/mol. The summed E-state index contributed by atoms with van der Waals surface area (Å²) in [6.45, 7) is 5.64. The Kier molecular flexibility index (Phi) is 5.17. The lowest BCUT2D eigenvalue weighted by Gasteiger charge is -2.31. The number of hydrogen-bond acceptors (Lipinski definition) is 5. The van der Waals surface area contributed by atoms with E-state index in [2.05, 4.69) is 10.3 Å². The van der Waals surface area contributed by atoms with Crippen LogP contribution in [-0.4, -0.2) is 37.6 Å². The third kappa shape index (κ3) is 3.59. The second-order valence-corrected chi connectivity index (χ2v) is 5.34. The molecular weight excluding hydrogens is 258 g/mol. The van der Waals surface area contributed by atoms with Crippen LogP contribution in [0.4, 0.5) is 0 Å². The maximum Gasteiger partial charge on any atom is 0.300 e. The van der Waals surface area contributed by atoms with Crippen LogP contribution >= 0.6 is 0 Å². The molecule has 3 N–H and O–H groups in total. The average Bonchev–Trinajstić information content (AvgIpc) is 2.82. The van der Waals surface area contributed by atoms with Crippen molar-refractivity contribution >= 4 is 5.91 Å². The minimum atomic E-state index is -0.391. The Bertz CT molecular complexity index is 451. The molecule has 1 amide bonds. The molecule has 0 spiro atoms. The Labute approximate surface area is 119 Å². The fourth-order valence-electron chi connectivity index (χ4n) is 2.65. The van der Waals surface area contributed by atoms with Crippen molar-refractivity contribution in [1.29, 1.82) is 0 Å². The molecule has 1 fully saturated rings. The Hall–Kier alpha value is -1.37. The number of hydrazine groups is 1. The number of rotatable bonds is 5. The smallest absolute Gasteiger partial charge is 0.300 e. The predicted octanol–water partition coefficient (Wildman–Crippen LogP) is 1.05. The van der Waals surface area contributed by atoms with Gasteiger partial charge >= 0.3 is 5.91 Å². The van der Waals surface area contributed by atoms with Gasteiger partial charge in [-0.15, -0.1) is 0 Å². The van der Waals surface area contributed by atoms with Gasteiger partial charge in [0.25, 0.3) is 0 Å². The van der Waals surface area contributed by atoms with Crippen molar-refractivity contribution in [3.8, 4) is 0 Å². The average molecular weight is 281 g/mol. The summed E-state index contributed by atoms with van der Waals surface area (Å²) in [7, 11) is 1.76. The molecule has 0 unspecified atom stereocenters. The summed E-state index contributed by atoms with van der Waals surface area (Å²) in [5.41, 5.74) is 3.13. The summed E-state index contributed by atoms with van der Waals surface area (Å²) in [6, 6.07) is 1.78. The molecule has 1 aliphatic rings. The van der Waals surface area contributed by atoms with E-state index in [0.717, 1.165) is 50.4 Å². The molecule has 6 heteroatoms. The third-order valence-electron chi connectivity index (χ3n) is 3.88. The van der Waals surface area contributed by atoms with Gasteiger partial charge in [-0.2, -0.15) is 0 Å². The van der Waals surface area contributed by atoms with Crippen LogP contribution in [0, 0.1) is 12.8 Å². The number of furan rings is 1. The Morgan fingerprint density at radius 3 is 2.85 bits per heavy atom. The molecule has 20 heavy (non-hydrogen) atoms. The highest BCUT2D eigenvalue weighted by molar-refractivity contribution is 5.91. The van der Waals surface area contributed by atoms with Crippen molar-refractivity contribution in [2.45, 2.75) is 26.3 Å². The van der Waals surface area contributed by atoms with Gasteiger partial charge in [0.05, 0.1) is 0 Å². The molecule has 0 bridgehead atoms. The van der Waals surface area contributed by atoms with Gasteiger partial charge in [0.1, 0.15) is 5.76 Å². The van der Waals surface area contributed by atoms with Crippen molar-refractivity contribution < 1.29 is 13.9 Å². The molecule has 0 saturated carbocycles. The van der Waals surface area contributed by atoms with E-state index in [9.17, 15) is 4.79 Å². The summed E-state index contributed by atoms with van der Waals surface area (Å²) in [5.74, 6) is 6.44. The van der Waals surface area contributed by atoms with Crippen LogP contribution in [0.1, 0.15) is 34.7 Å². The molecule has 0 atom stereocenters. The number of nitrogens with one attached hydrogen (secondary N) is 1. The molecule has 112 valence electrons. The topological polar surface area (TPSA) is 80.7 Å². The van der Waals surface area contributed by atoms with Crippen LogP contribution in [0.15, 0.2) is 10.5 Å². The van der Waals surface area contributed by atoms with Crippen LogP contribution in [0.2, 0.25) is 0 Å². The number of nitrogens with zero attached hydrogens (tertiary/aromatic N) is 1. The Balaban J connectivity index is 1.91. The Morgan fingerprint density at radius 2 is 2.25 bits per heavy atom. The number of aryl methyl sites for hydroxylation is 1. The van der Waals surface area contributed by atoms with Crippen LogP contribution in [0.25, 0.3) is 0 Å². The molecule has 1 aromatic heterocycles. The minimum Gasteiger partial charge on any atom is -0.456 e. The third-order valence-corrected chi connectivity index (χ3v) is 3.88. The summed E-state index contributed by atoms with van der Waals surface area (Å²) in [6.07, 6.45) is 2.31. The lowest BCUT2D eigenvalue weighted by atomic mass is 9.97. The fraction of sp³-hybridized carbons (Fsp3) is 0.643. The van der Waals surface area contributed by atoms with E-state index in [4.69, 9.17) is 15.0 Å². The number of ether oxygens (including phenoxy) is 1. The number of likely N-dealkylation sites (tertiary alicyclic amines) is 1. The zero-order valence-electron chi connectivity index (χ0n) is 12.1. The van der Waals surface area contributed by atoms with Crippen LogP contribution in [0.3, 0.4) is 0 Å². The van der Waals surface area contributed by atoms with Crippen LogP contribution < -0.4 is 11.3 Å². The molecule has 2 rings (SSSR count). The highest BCUT2D eigenvalue weighted by Crippen LogP contribution is 2.22. The van der Waals surface area contributed by atoms with E-state index in [1.54, 1.807) is 13.2 Å². The number of piperidine rings is 1. The van der Waals surface area contributed by atoms with E-state index >= 15 is 0 Å². The normalized spacial score (nSPS) is 17.4. The second kappa shape index (κ2) is 6.88. The monoisotopic (exact) mass is 281 g/mol. The number of hydrogen-bond donors (Lipinski definition) is 2. The molecule has 1 aromatic rings. The molecule has 1 saturated heterocycles. The molecule has 6 nitrogen and oxygen atoms in total. The van der Waals surface area contributed by atoms with Crippen molar-refractivity contribution in [3.05, 3.63) is 23.2 Å². The maximum atomic E-state index is 11.4. The molecular formula is C14H23N3O3. The minimum absolute atomic E-state index is 0.272. The van der Waals surface area contributed by atoms with Crippen molar-refractivity contribution in [3.63, 3.8) is 0 Å². The van der Waals surface area contributed by atoms with Gasteiger partial charge in [-0.25, -0.2) is 5.84 Å². The molecule has 2 heterocycles. The Morgan fingerprint density at radius 1 is 1.55 bits per heavy atom. The first kappa shape index (κ1) is 15.0. The summed E-state index contributed by atoms with van der Waals surface area (Å²) >= 11 is 0.